The van der Waals surface area contributed by atoms with Crippen molar-refractivity contribution in [2.45, 2.75) is 38.9 Å². The molecule has 0 radical (unpaired) electrons. The molecule has 1 atom stereocenters. The molecule has 2 heterocycles. The van der Waals surface area contributed by atoms with Crippen LogP contribution in [0, 0.1) is 0 Å². The summed E-state index contributed by atoms with van der Waals surface area (Å²) in [6.45, 7) is 5.19. The monoisotopic (exact) mass is 285 g/mol. The number of ether oxygens (including phenoxy) is 1. The van der Waals surface area contributed by atoms with Crippen LogP contribution in [0.2, 0.25) is 0 Å². The average molecular weight is 285 g/mol. The molecule has 3 rings (SSSR count). The van der Waals surface area contributed by atoms with Gasteiger partial charge in [0.05, 0.1) is 13.3 Å². The van der Waals surface area contributed by atoms with Gasteiger partial charge in [-0.2, -0.15) is 5.10 Å². The zero-order valence-electron chi connectivity index (χ0n) is 12.8. The molecule has 1 aromatic carbocycles. The van der Waals surface area contributed by atoms with Crippen molar-refractivity contribution in [2.24, 2.45) is 0 Å². The summed E-state index contributed by atoms with van der Waals surface area (Å²) in [6, 6.07) is 9.01. The zero-order valence-corrected chi connectivity index (χ0v) is 12.8. The van der Waals surface area contributed by atoms with Crippen LogP contribution in [0.25, 0.3) is 0 Å². The molecule has 21 heavy (non-hydrogen) atoms. The molecule has 1 aliphatic heterocycles. The second-order valence-corrected chi connectivity index (χ2v) is 5.61. The maximum atomic E-state index is 5.24. The molecule has 0 bridgehead atoms. The lowest BCUT2D eigenvalue weighted by Gasteiger charge is -2.24. The van der Waals surface area contributed by atoms with Crippen LogP contribution >= 0.6 is 0 Å². The maximum Gasteiger partial charge on any atom is 0.118 e. The van der Waals surface area contributed by atoms with Gasteiger partial charge in [-0.1, -0.05) is 12.1 Å². The van der Waals surface area contributed by atoms with Crippen molar-refractivity contribution in [1.82, 2.24) is 14.7 Å². The molecule has 0 saturated carbocycles. The van der Waals surface area contributed by atoms with Crippen molar-refractivity contribution in [2.75, 3.05) is 13.7 Å². The van der Waals surface area contributed by atoms with Gasteiger partial charge in [0.1, 0.15) is 5.75 Å². The summed E-state index contributed by atoms with van der Waals surface area (Å²) in [5.41, 5.74) is 2.69. The lowest BCUT2D eigenvalue weighted by molar-refractivity contribution is 0.248. The fourth-order valence-electron chi connectivity index (χ4n) is 3.11. The summed E-state index contributed by atoms with van der Waals surface area (Å²) in [4.78, 5) is 2.55. The highest BCUT2D eigenvalue weighted by molar-refractivity contribution is 5.29. The van der Waals surface area contributed by atoms with Crippen molar-refractivity contribution < 1.29 is 4.74 Å². The minimum atomic E-state index is 0.515. The Kier molecular flexibility index (Phi) is 4.25. The summed E-state index contributed by atoms with van der Waals surface area (Å²) in [5.74, 6) is 0.924. The minimum Gasteiger partial charge on any atom is -0.497 e. The van der Waals surface area contributed by atoms with Gasteiger partial charge in [-0.3, -0.25) is 9.58 Å². The predicted molar refractivity (Wildman–Crippen MR) is 83.3 cm³/mol. The first-order chi connectivity index (χ1) is 10.3. The molecule has 1 fully saturated rings. The van der Waals surface area contributed by atoms with Crippen LogP contribution in [0.1, 0.15) is 36.9 Å². The molecule has 0 amide bonds. The smallest absolute Gasteiger partial charge is 0.118 e. The summed E-state index contributed by atoms with van der Waals surface area (Å²) in [5, 5.41) is 4.37. The first-order valence-electron chi connectivity index (χ1n) is 7.69. The van der Waals surface area contributed by atoms with E-state index >= 15 is 0 Å². The summed E-state index contributed by atoms with van der Waals surface area (Å²) in [7, 11) is 1.71. The lowest BCUT2D eigenvalue weighted by atomic mass is 10.0. The molecule has 0 spiro atoms. The topological polar surface area (TPSA) is 30.3 Å². The molecule has 0 unspecified atom stereocenters. The van der Waals surface area contributed by atoms with Gasteiger partial charge in [0.15, 0.2) is 0 Å². The van der Waals surface area contributed by atoms with Crippen LogP contribution in [0.15, 0.2) is 36.7 Å². The van der Waals surface area contributed by atoms with Gasteiger partial charge >= 0.3 is 0 Å². The van der Waals surface area contributed by atoms with E-state index in [9.17, 15) is 0 Å². The molecular weight excluding hydrogens is 262 g/mol. The fourth-order valence-corrected chi connectivity index (χ4v) is 3.11. The normalized spacial score (nSPS) is 19.0. The molecule has 4 heteroatoms. The number of hydrogen-bond donors (Lipinski definition) is 0. The molecule has 2 aromatic rings. The maximum absolute atomic E-state index is 5.24. The standard InChI is InChI=1S/C17H23N3O/c1-3-20-13-14(11-18-20)12-19-10-4-5-17(19)15-6-8-16(21-2)9-7-15/h6-9,11,13,17H,3-5,10,12H2,1-2H3/t17-/m1/s1. The van der Waals surface area contributed by atoms with Gasteiger partial charge in [0.25, 0.3) is 0 Å². The van der Waals surface area contributed by atoms with Crippen molar-refractivity contribution in [1.29, 1.82) is 0 Å². The number of rotatable bonds is 5. The Bertz CT molecular complexity index is 576. The number of nitrogens with zero attached hydrogens (tertiary/aromatic N) is 3. The number of benzene rings is 1. The third-order valence-corrected chi connectivity index (χ3v) is 4.26. The van der Waals surface area contributed by atoms with E-state index in [-0.39, 0.29) is 0 Å². The van der Waals surface area contributed by atoms with Crippen molar-refractivity contribution in [3.63, 3.8) is 0 Å². The van der Waals surface area contributed by atoms with Crippen molar-refractivity contribution >= 4 is 0 Å². The molecule has 0 N–H and O–H groups in total. The van der Waals surface area contributed by atoms with Gasteiger partial charge in [-0.15, -0.1) is 0 Å². The molecule has 112 valence electrons. The Morgan fingerprint density at radius 3 is 2.76 bits per heavy atom. The highest BCUT2D eigenvalue weighted by Gasteiger charge is 2.26. The van der Waals surface area contributed by atoms with Crippen LogP contribution in [-0.2, 0) is 13.1 Å². The van der Waals surface area contributed by atoms with E-state index in [2.05, 4.69) is 47.4 Å². The molecule has 1 aromatic heterocycles. The first-order valence-corrected chi connectivity index (χ1v) is 7.69. The zero-order chi connectivity index (χ0) is 14.7. The van der Waals surface area contributed by atoms with E-state index in [4.69, 9.17) is 4.74 Å². The first kappa shape index (κ1) is 14.1. The third kappa shape index (κ3) is 3.10. The van der Waals surface area contributed by atoms with Gasteiger partial charge in [0.2, 0.25) is 0 Å². The Morgan fingerprint density at radius 2 is 2.10 bits per heavy atom. The van der Waals surface area contributed by atoms with Gasteiger partial charge in [0, 0.05) is 30.9 Å². The predicted octanol–water partition coefficient (Wildman–Crippen LogP) is 3.25. The minimum absolute atomic E-state index is 0.515. The van der Waals surface area contributed by atoms with E-state index < -0.39 is 0 Å². The SMILES string of the molecule is CCn1cc(CN2CCC[C@@H]2c2ccc(OC)cc2)cn1. The van der Waals surface area contributed by atoms with Crippen molar-refractivity contribution in [3.05, 3.63) is 47.8 Å². The van der Waals surface area contributed by atoms with Crippen LogP contribution < -0.4 is 4.74 Å². The van der Waals surface area contributed by atoms with Gasteiger partial charge in [-0.25, -0.2) is 0 Å². The van der Waals surface area contributed by atoms with Gasteiger partial charge < -0.3 is 4.74 Å². The second kappa shape index (κ2) is 6.31. The average Bonchev–Trinajstić information content (AvgIpc) is 3.17. The van der Waals surface area contributed by atoms with Crippen LogP contribution in [-0.4, -0.2) is 28.3 Å². The molecular formula is C17H23N3O. The fraction of sp³-hybridized carbons (Fsp3) is 0.471. The Morgan fingerprint density at radius 1 is 1.29 bits per heavy atom. The quantitative estimate of drug-likeness (QED) is 0.845. The molecule has 1 saturated heterocycles. The Balaban J connectivity index is 1.72. The molecule has 4 nitrogen and oxygen atoms in total. The number of aryl methyl sites for hydroxylation is 1. The summed E-state index contributed by atoms with van der Waals surface area (Å²) >= 11 is 0. The van der Waals surface area contributed by atoms with E-state index in [0.29, 0.717) is 6.04 Å². The third-order valence-electron chi connectivity index (χ3n) is 4.26. The van der Waals surface area contributed by atoms with E-state index in [1.807, 2.05) is 10.9 Å². The highest BCUT2D eigenvalue weighted by atomic mass is 16.5. The number of likely N-dealkylation sites (tertiary alicyclic amines) is 1. The Hall–Kier alpha value is -1.81. The summed E-state index contributed by atoms with van der Waals surface area (Å²) in [6.07, 6.45) is 6.64. The second-order valence-electron chi connectivity index (χ2n) is 5.61. The van der Waals surface area contributed by atoms with Crippen LogP contribution in [0.4, 0.5) is 0 Å². The van der Waals surface area contributed by atoms with Crippen LogP contribution in [0.3, 0.4) is 0 Å². The van der Waals surface area contributed by atoms with Crippen molar-refractivity contribution in [3.8, 4) is 5.75 Å². The number of hydrogen-bond acceptors (Lipinski definition) is 3. The van der Waals surface area contributed by atoms with E-state index in [1.165, 1.54) is 24.0 Å². The largest absolute Gasteiger partial charge is 0.497 e. The molecule has 1 aliphatic rings. The van der Waals surface area contributed by atoms with Gasteiger partial charge in [-0.05, 0) is 44.0 Å². The summed E-state index contributed by atoms with van der Waals surface area (Å²) < 4.78 is 7.24. The van der Waals surface area contributed by atoms with E-state index in [0.717, 1.165) is 25.4 Å². The number of aromatic nitrogens is 2. The highest BCUT2D eigenvalue weighted by Crippen LogP contribution is 2.33. The number of methoxy groups -OCH3 is 1. The molecule has 0 aliphatic carbocycles. The van der Waals surface area contributed by atoms with E-state index in [1.54, 1.807) is 7.11 Å². The Labute approximate surface area is 126 Å². The lowest BCUT2D eigenvalue weighted by Crippen LogP contribution is -2.22. The van der Waals surface area contributed by atoms with Crippen LogP contribution in [0.5, 0.6) is 5.75 Å².